The fraction of sp³-hybridized carbons (Fsp3) is 0.125. The van der Waals surface area contributed by atoms with Crippen LogP contribution >= 0.6 is 11.3 Å². The number of aryl methyl sites for hydroxylation is 1. The van der Waals surface area contributed by atoms with Crippen molar-refractivity contribution < 1.29 is 33.3 Å². The summed E-state index contributed by atoms with van der Waals surface area (Å²) >= 11 is 1.78. The Hall–Kier alpha value is -0.760. The van der Waals surface area contributed by atoms with Crippen molar-refractivity contribution in [2.24, 2.45) is 0 Å². The van der Waals surface area contributed by atoms with E-state index in [2.05, 4.69) is 35.0 Å². The quantitative estimate of drug-likeness (QED) is 0.522. The molecule has 0 fully saturated rings. The zero-order valence-corrected chi connectivity index (χ0v) is 9.44. The first-order valence-electron chi connectivity index (χ1n) is 3.88. The molecule has 5 nitrogen and oxygen atoms in total. The fourth-order valence-corrected chi connectivity index (χ4v) is 1.90. The van der Waals surface area contributed by atoms with Gasteiger partial charge >= 0.3 is 28.9 Å². The Morgan fingerprint density at radius 2 is 1.93 bits per heavy atom. The Bertz CT molecular complexity index is 433. The van der Waals surface area contributed by atoms with E-state index in [1.54, 1.807) is 11.3 Å². The van der Waals surface area contributed by atoms with Crippen LogP contribution in [0.25, 0.3) is 4.83 Å². The van der Waals surface area contributed by atoms with Crippen molar-refractivity contribution in [2.75, 3.05) is 0 Å². The van der Waals surface area contributed by atoms with Crippen LogP contribution in [-0.4, -0.2) is 14.0 Å². The average molecular weight is 253 g/mol. The molecule has 0 amide bonds. The van der Waals surface area contributed by atoms with Crippen molar-refractivity contribution in [2.45, 2.75) is 6.92 Å². The standard InChI is InChI=1S/C8H8NS.ClH3O4/c1-7-6-10-8-4-2-3-5-9(7)8;2-1(3,4)5/h2-6H,1H3;2-4H/q+1;. The van der Waals surface area contributed by atoms with E-state index in [1.165, 1.54) is 10.5 Å². The summed E-state index contributed by atoms with van der Waals surface area (Å²) in [5, 5.41) is 2.16. The molecule has 84 valence electrons. The molecule has 0 spiro atoms. The molecule has 0 saturated carbocycles. The Kier molecular flexibility index (Phi) is 3.97. The summed E-state index contributed by atoms with van der Waals surface area (Å²) < 4.78 is 32.4. The summed E-state index contributed by atoms with van der Waals surface area (Å²) in [6, 6.07) is 6.23. The first-order chi connectivity index (χ1) is 6.88. The van der Waals surface area contributed by atoms with Gasteiger partial charge in [0.2, 0.25) is 0 Å². The van der Waals surface area contributed by atoms with Crippen LogP contribution < -0.4 is 9.06 Å². The van der Waals surface area contributed by atoms with Gasteiger partial charge in [-0.2, -0.15) is 4.40 Å². The van der Waals surface area contributed by atoms with E-state index in [1.807, 2.05) is 6.07 Å². The zero-order chi connectivity index (χ0) is 11.5. The van der Waals surface area contributed by atoms with E-state index >= 15 is 0 Å². The molecular formula is C8H11ClNO4S+. The molecule has 2 aromatic heterocycles. The number of aromatic nitrogens is 1. The minimum atomic E-state index is -4.19. The van der Waals surface area contributed by atoms with E-state index in [4.69, 9.17) is 18.6 Å². The number of nitrogens with zero attached hydrogens (tertiary/aromatic N) is 1. The van der Waals surface area contributed by atoms with E-state index in [-0.39, 0.29) is 0 Å². The van der Waals surface area contributed by atoms with Gasteiger partial charge in [0, 0.05) is 19.1 Å². The van der Waals surface area contributed by atoms with Crippen LogP contribution in [0.2, 0.25) is 0 Å². The topological polar surface area (TPSA) is 87.9 Å². The molecular weight excluding hydrogens is 242 g/mol. The number of fused-ring (bicyclic) bond motifs is 1. The molecule has 0 bridgehead atoms. The first kappa shape index (κ1) is 12.3. The van der Waals surface area contributed by atoms with Crippen LogP contribution in [0.3, 0.4) is 0 Å². The van der Waals surface area contributed by atoms with Crippen LogP contribution in [0.5, 0.6) is 0 Å². The van der Waals surface area contributed by atoms with Crippen LogP contribution in [0.1, 0.15) is 5.69 Å². The van der Waals surface area contributed by atoms with Gasteiger partial charge in [-0.3, -0.25) is 0 Å². The molecule has 2 aromatic rings. The molecule has 2 heterocycles. The third-order valence-electron chi connectivity index (χ3n) is 1.55. The second-order valence-electron chi connectivity index (χ2n) is 2.72. The van der Waals surface area contributed by atoms with Crippen LogP contribution in [0.15, 0.2) is 29.8 Å². The summed E-state index contributed by atoms with van der Waals surface area (Å²) in [5.74, 6) is 0. The van der Waals surface area contributed by atoms with E-state index in [0.29, 0.717) is 0 Å². The van der Waals surface area contributed by atoms with Gasteiger partial charge in [-0.25, -0.2) is 0 Å². The van der Waals surface area contributed by atoms with Gasteiger partial charge in [0.05, 0.1) is 5.38 Å². The van der Waals surface area contributed by atoms with Gasteiger partial charge in [-0.05, 0) is 6.07 Å². The zero-order valence-electron chi connectivity index (χ0n) is 7.87. The molecule has 0 saturated heterocycles. The number of hydrogen-bond acceptors (Lipinski definition) is 5. The van der Waals surface area contributed by atoms with Gasteiger partial charge in [0.25, 0.3) is 4.83 Å². The van der Waals surface area contributed by atoms with Crippen molar-refractivity contribution in [3.05, 3.63) is 35.5 Å². The minimum absolute atomic E-state index is 1.31. The predicted molar refractivity (Wildman–Crippen MR) is 48.9 cm³/mol. The van der Waals surface area contributed by atoms with E-state index < -0.39 is 10.2 Å². The number of hydrogen-bond donors (Lipinski definition) is 3. The summed E-state index contributed by atoms with van der Waals surface area (Å²) in [5.41, 5.74) is 1.31. The summed E-state index contributed by atoms with van der Waals surface area (Å²) in [6.45, 7) is 2.11. The van der Waals surface area contributed by atoms with Crippen molar-refractivity contribution in [3.63, 3.8) is 0 Å². The van der Waals surface area contributed by atoms with Gasteiger partial charge in [0.15, 0.2) is 11.9 Å². The fourth-order valence-electron chi connectivity index (χ4n) is 1.02. The summed E-state index contributed by atoms with van der Waals surface area (Å²) in [7, 11) is -4.19. The Balaban J connectivity index is 0.000000195. The van der Waals surface area contributed by atoms with Crippen molar-refractivity contribution >= 4 is 16.2 Å². The molecule has 0 radical (unpaired) electrons. The molecule has 7 heteroatoms. The van der Waals surface area contributed by atoms with Crippen molar-refractivity contribution in [1.82, 2.24) is 0 Å². The summed E-state index contributed by atoms with van der Waals surface area (Å²) in [6.07, 6.45) is 2.08. The van der Waals surface area contributed by atoms with Crippen LogP contribution in [-0.2, 0) is 0 Å². The summed E-state index contributed by atoms with van der Waals surface area (Å²) in [4.78, 5) is 1.31. The third kappa shape index (κ3) is 4.52. The molecule has 0 aromatic carbocycles. The maximum atomic E-state index is 8.83. The molecule has 0 aliphatic heterocycles. The third-order valence-corrected chi connectivity index (χ3v) is 2.59. The van der Waals surface area contributed by atoms with Crippen LogP contribution in [0.4, 0.5) is 0 Å². The molecule has 0 aliphatic rings. The van der Waals surface area contributed by atoms with Gasteiger partial charge in [-0.15, -0.1) is 0 Å². The van der Waals surface area contributed by atoms with E-state index in [0.717, 1.165) is 0 Å². The number of pyridine rings is 1. The van der Waals surface area contributed by atoms with E-state index in [9.17, 15) is 0 Å². The van der Waals surface area contributed by atoms with Gasteiger partial charge < -0.3 is 0 Å². The van der Waals surface area contributed by atoms with Crippen molar-refractivity contribution in [1.29, 1.82) is 0 Å². The number of halogens is 1. The van der Waals surface area contributed by atoms with Crippen molar-refractivity contribution in [3.8, 4) is 0 Å². The number of rotatable bonds is 0. The molecule has 0 aliphatic carbocycles. The molecule has 0 atom stereocenters. The van der Waals surface area contributed by atoms with Crippen LogP contribution in [0, 0.1) is 17.2 Å². The second-order valence-corrected chi connectivity index (χ2v) is 4.48. The number of thiazole rings is 1. The second kappa shape index (κ2) is 4.84. The molecule has 15 heavy (non-hydrogen) atoms. The molecule has 2 rings (SSSR count). The maximum absolute atomic E-state index is 8.83. The predicted octanol–water partition coefficient (Wildman–Crippen LogP) is -1.06. The molecule has 3 N–H and O–H groups in total. The normalized spacial score (nSPS) is 12.1. The first-order valence-corrected chi connectivity index (χ1v) is 6.09. The monoisotopic (exact) mass is 252 g/mol. The average Bonchev–Trinajstić information content (AvgIpc) is 2.46. The van der Waals surface area contributed by atoms with Gasteiger partial charge in [-0.1, -0.05) is 11.3 Å². The SMILES string of the molecule is Cc1csc2cccc[n+]12.[O-][Cl+](O)(O)O. The Morgan fingerprint density at radius 1 is 1.33 bits per heavy atom. The Labute approximate surface area is 92.2 Å². The van der Waals surface area contributed by atoms with Gasteiger partial charge in [0.1, 0.15) is 0 Å². The Morgan fingerprint density at radius 3 is 2.47 bits per heavy atom. The molecule has 0 unspecified atom stereocenters.